The molecule has 0 atom stereocenters. The van der Waals surface area contributed by atoms with Crippen LogP contribution < -0.4 is 0 Å². The Kier molecular flexibility index (Phi) is 3.76. The van der Waals surface area contributed by atoms with Gasteiger partial charge in [-0.25, -0.2) is 0 Å². The molecular formula is C10H9NO6. The molecule has 17 heavy (non-hydrogen) atoms. The van der Waals surface area contributed by atoms with Gasteiger partial charge in [0.15, 0.2) is 11.5 Å². The topological polar surface area (TPSA) is 118 Å². The molecule has 1 rings (SSSR count). The molecule has 0 saturated carbocycles. The van der Waals surface area contributed by atoms with E-state index in [-0.39, 0.29) is 18.4 Å². The van der Waals surface area contributed by atoms with Crippen LogP contribution in [0.1, 0.15) is 23.2 Å². The van der Waals surface area contributed by atoms with Crippen LogP contribution in [0.3, 0.4) is 0 Å². The van der Waals surface area contributed by atoms with Crippen LogP contribution in [-0.2, 0) is 4.79 Å². The van der Waals surface area contributed by atoms with Gasteiger partial charge in [0.05, 0.1) is 11.3 Å². The zero-order valence-electron chi connectivity index (χ0n) is 8.62. The highest BCUT2D eigenvalue weighted by molar-refractivity contribution is 5.98. The molecule has 0 radical (unpaired) electrons. The van der Waals surface area contributed by atoms with Crippen LogP contribution in [0, 0.1) is 10.1 Å². The van der Waals surface area contributed by atoms with E-state index >= 15 is 0 Å². The fourth-order valence-electron chi connectivity index (χ4n) is 1.22. The summed E-state index contributed by atoms with van der Waals surface area (Å²) in [5.74, 6) is -2.21. The minimum atomic E-state index is -1.11. The third-order valence-electron chi connectivity index (χ3n) is 2.06. The van der Waals surface area contributed by atoms with E-state index < -0.39 is 28.1 Å². The lowest BCUT2D eigenvalue weighted by molar-refractivity contribution is -0.385. The van der Waals surface area contributed by atoms with E-state index in [0.29, 0.717) is 0 Å². The van der Waals surface area contributed by atoms with E-state index in [1.807, 2.05) is 0 Å². The monoisotopic (exact) mass is 239 g/mol. The number of nitro benzene ring substituents is 1. The van der Waals surface area contributed by atoms with Crippen LogP contribution in [0.2, 0.25) is 0 Å². The number of hydrogen-bond acceptors (Lipinski definition) is 5. The van der Waals surface area contributed by atoms with Gasteiger partial charge >= 0.3 is 11.7 Å². The molecule has 1 aromatic rings. The number of hydrogen-bond donors (Lipinski definition) is 2. The normalized spacial score (nSPS) is 9.88. The van der Waals surface area contributed by atoms with Gasteiger partial charge in [-0.05, 0) is 12.1 Å². The number of aromatic hydroxyl groups is 1. The molecule has 0 bridgehead atoms. The molecule has 0 amide bonds. The number of Topliss-reactive ketones (excluding diaryl/α,β-unsaturated/α-hetero) is 1. The molecule has 0 heterocycles. The molecule has 0 spiro atoms. The number of carbonyl (C=O) groups is 2. The molecule has 0 unspecified atom stereocenters. The third-order valence-corrected chi connectivity index (χ3v) is 2.06. The summed E-state index contributed by atoms with van der Waals surface area (Å²) in [6, 6.07) is 3.15. The van der Waals surface area contributed by atoms with Crippen molar-refractivity contribution in [1.29, 1.82) is 0 Å². The second kappa shape index (κ2) is 5.06. The molecule has 7 nitrogen and oxygen atoms in total. The van der Waals surface area contributed by atoms with Crippen molar-refractivity contribution in [3.8, 4) is 5.75 Å². The highest BCUT2D eigenvalue weighted by Crippen LogP contribution is 2.26. The largest absolute Gasteiger partial charge is 0.502 e. The summed E-state index contributed by atoms with van der Waals surface area (Å²) in [6.45, 7) is 0. The first-order chi connectivity index (χ1) is 7.91. The molecule has 0 aliphatic heterocycles. The number of nitro groups is 1. The predicted molar refractivity (Wildman–Crippen MR) is 56.0 cm³/mol. The number of phenols is 1. The second-order valence-electron chi connectivity index (χ2n) is 3.28. The molecule has 90 valence electrons. The Balaban J connectivity index is 2.86. The van der Waals surface area contributed by atoms with Crippen molar-refractivity contribution < 1.29 is 24.7 Å². The van der Waals surface area contributed by atoms with Gasteiger partial charge in [0.1, 0.15) is 0 Å². The summed E-state index contributed by atoms with van der Waals surface area (Å²) in [5, 5.41) is 28.1. The lowest BCUT2D eigenvalue weighted by atomic mass is 10.1. The Morgan fingerprint density at radius 1 is 1.29 bits per heavy atom. The second-order valence-corrected chi connectivity index (χ2v) is 3.28. The summed E-state index contributed by atoms with van der Waals surface area (Å²) < 4.78 is 0. The Labute approximate surface area is 95.5 Å². The first-order valence-electron chi connectivity index (χ1n) is 4.64. The molecule has 0 aromatic heterocycles. The van der Waals surface area contributed by atoms with Gasteiger partial charge in [-0.2, -0.15) is 0 Å². The SMILES string of the molecule is O=C(O)CCC(=O)c1ccc([N+](=O)[O-])c(O)c1. The molecule has 0 aliphatic carbocycles. The van der Waals surface area contributed by atoms with E-state index in [9.17, 15) is 24.8 Å². The van der Waals surface area contributed by atoms with Crippen molar-refractivity contribution in [2.75, 3.05) is 0 Å². The van der Waals surface area contributed by atoms with Crippen LogP contribution in [0.25, 0.3) is 0 Å². The molecule has 0 fully saturated rings. The van der Waals surface area contributed by atoms with Crippen LogP contribution in [0.15, 0.2) is 18.2 Å². The third kappa shape index (κ3) is 3.26. The number of rotatable bonds is 5. The molecule has 0 aliphatic rings. The minimum Gasteiger partial charge on any atom is -0.502 e. The van der Waals surface area contributed by atoms with Crippen LogP contribution in [-0.4, -0.2) is 26.9 Å². The van der Waals surface area contributed by atoms with Crippen molar-refractivity contribution in [2.24, 2.45) is 0 Å². The van der Waals surface area contributed by atoms with Gasteiger partial charge < -0.3 is 10.2 Å². The quantitative estimate of drug-likeness (QED) is 0.454. The Bertz CT molecular complexity index is 482. The fourth-order valence-corrected chi connectivity index (χ4v) is 1.22. The van der Waals surface area contributed by atoms with Gasteiger partial charge in [-0.1, -0.05) is 0 Å². The number of aliphatic carboxylic acids is 1. The van der Waals surface area contributed by atoms with E-state index in [4.69, 9.17) is 5.11 Å². The minimum absolute atomic E-state index is 0.0503. The number of carboxylic acids is 1. The number of carbonyl (C=O) groups excluding carboxylic acids is 1. The van der Waals surface area contributed by atoms with Gasteiger partial charge in [0.25, 0.3) is 0 Å². The van der Waals surface area contributed by atoms with Crippen molar-refractivity contribution in [3.05, 3.63) is 33.9 Å². The van der Waals surface area contributed by atoms with E-state index in [0.717, 1.165) is 12.1 Å². The summed E-state index contributed by atoms with van der Waals surface area (Å²) in [4.78, 5) is 31.3. The van der Waals surface area contributed by atoms with Crippen LogP contribution in [0.5, 0.6) is 5.75 Å². The summed E-state index contributed by atoms with van der Waals surface area (Å²) in [6.07, 6.45) is -0.539. The molecule has 1 aromatic carbocycles. The van der Waals surface area contributed by atoms with Gasteiger partial charge in [0.2, 0.25) is 0 Å². The highest BCUT2D eigenvalue weighted by atomic mass is 16.6. The Hall–Kier alpha value is -2.44. The fraction of sp³-hybridized carbons (Fsp3) is 0.200. The van der Waals surface area contributed by atoms with Crippen molar-refractivity contribution in [2.45, 2.75) is 12.8 Å². The molecular weight excluding hydrogens is 230 g/mol. The maximum absolute atomic E-state index is 11.4. The average Bonchev–Trinajstić information content (AvgIpc) is 2.25. The highest BCUT2D eigenvalue weighted by Gasteiger charge is 2.16. The van der Waals surface area contributed by atoms with Crippen molar-refractivity contribution >= 4 is 17.4 Å². The first-order valence-corrected chi connectivity index (χ1v) is 4.64. The number of phenolic OH excluding ortho intramolecular Hbond substituents is 1. The van der Waals surface area contributed by atoms with Crippen molar-refractivity contribution in [3.63, 3.8) is 0 Å². The van der Waals surface area contributed by atoms with E-state index in [2.05, 4.69) is 0 Å². The molecule has 7 heteroatoms. The van der Waals surface area contributed by atoms with Gasteiger partial charge in [0, 0.05) is 18.1 Å². The first kappa shape index (κ1) is 12.6. The van der Waals surface area contributed by atoms with Gasteiger partial charge in [-0.15, -0.1) is 0 Å². The zero-order chi connectivity index (χ0) is 13.0. The lowest BCUT2D eigenvalue weighted by Crippen LogP contribution is -2.04. The predicted octanol–water partition coefficient (Wildman–Crippen LogP) is 1.35. The standard InChI is InChI=1S/C10H9NO6/c12-8(3-4-10(14)15)6-1-2-7(11(16)17)9(13)5-6/h1-2,5,13H,3-4H2,(H,14,15). The number of nitrogens with zero attached hydrogens (tertiary/aromatic N) is 1. The average molecular weight is 239 g/mol. The Morgan fingerprint density at radius 2 is 1.94 bits per heavy atom. The van der Waals surface area contributed by atoms with Crippen LogP contribution in [0.4, 0.5) is 5.69 Å². The molecule has 2 N–H and O–H groups in total. The smallest absolute Gasteiger partial charge is 0.310 e. The maximum atomic E-state index is 11.4. The summed E-state index contributed by atoms with van der Waals surface area (Å²) in [5.41, 5.74) is -0.450. The lowest BCUT2D eigenvalue weighted by Gasteiger charge is -2.00. The zero-order valence-corrected chi connectivity index (χ0v) is 8.62. The molecule has 0 saturated heterocycles. The van der Waals surface area contributed by atoms with E-state index in [1.165, 1.54) is 6.07 Å². The van der Waals surface area contributed by atoms with Gasteiger partial charge in [-0.3, -0.25) is 19.7 Å². The summed E-state index contributed by atoms with van der Waals surface area (Å²) >= 11 is 0. The van der Waals surface area contributed by atoms with Crippen LogP contribution >= 0.6 is 0 Å². The number of benzene rings is 1. The Morgan fingerprint density at radius 3 is 2.41 bits per heavy atom. The maximum Gasteiger partial charge on any atom is 0.310 e. The number of ketones is 1. The van der Waals surface area contributed by atoms with Crippen molar-refractivity contribution in [1.82, 2.24) is 0 Å². The number of carboxylic acid groups (broad SMARTS) is 1. The summed E-state index contributed by atoms with van der Waals surface area (Å²) in [7, 11) is 0. The van der Waals surface area contributed by atoms with E-state index in [1.54, 1.807) is 0 Å².